The predicted octanol–water partition coefficient (Wildman–Crippen LogP) is 3.16. The van der Waals surface area contributed by atoms with Gasteiger partial charge in [-0.2, -0.15) is 0 Å². The number of thioether (sulfide) groups is 2. The second-order valence-electron chi connectivity index (χ2n) is 4.11. The SMILES string of the molecule is Cc1ccc(NC(=O)C(C)SC2=NCCS2)cc1. The Kier molecular flexibility index (Phi) is 4.72. The molecule has 3 nitrogen and oxygen atoms in total. The molecule has 1 amide bonds. The fraction of sp³-hybridized carbons (Fsp3) is 0.385. The van der Waals surface area contributed by atoms with Gasteiger partial charge in [0.1, 0.15) is 4.38 Å². The summed E-state index contributed by atoms with van der Waals surface area (Å²) in [7, 11) is 0. The number of aliphatic imine (C=N–C) groups is 1. The number of nitrogens with zero attached hydrogens (tertiary/aromatic N) is 1. The minimum absolute atomic E-state index is 0.0269. The number of hydrogen-bond acceptors (Lipinski definition) is 4. The first kappa shape index (κ1) is 13.5. The van der Waals surface area contributed by atoms with Gasteiger partial charge in [0.15, 0.2) is 0 Å². The van der Waals surface area contributed by atoms with E-state index in [2.05, 4.69) is 10.3 Å². The minimum Gasteiger partial charge on any atom is -0.325 e. The fourth-order valence-corrected chi connectivity index (χ4v) is 3.60. The smallest absolute Gasteiger partial charge is 0.237 e. The Morgan fingerprint density at radius 1 is 1.44 bits per heavy atom. The van der Waals surface area contributed by atoms with Crippen molar-refractivity contribution < 1.29 is 4.79 Å². The third kappa shape index (κ3) is 3.78. The minimum atomic E-state index is -0.115. The molecular weight excluding hydrogens is 264 g/mol. The topological polar surface area (TPSA) is 41.5 Å². The van der Waals surface area contributed by atoms with Crippen LogP contribution in [0.3, 0.4) is 0 Å². The summed E-state index contributed by atoms with van der Waals surface area (Å²) < 4.78 is 1.03. The van der Waals surface area contributed by atoms with Crippen molar-refractivity contribution in [2.45, 2.75) is 19.1 Å². The standard InChI is InChI=1S/C13H16N2OS2/c1-9-3-5-11(6-4-9)15-12(16)10(2)18-13-14-7-8-17-13/h3-6,10H,7-8H2,1-2H3,(H,15,16). The molecule has 96 valence electrons. The van der Waals surface area contributed by atoms with Gasteiger partial charge in [-0.15, -0.1) is 0 Å². The van der Waals surface area contributed by atoms with Gasteiger partial charge >= 0.3 is 0 Å². The predicted molar refractivity (Wildman–Crippen MR) is 81.6 cm³/mol. The Balaban J connectivity index is 1.88. The molecule has 1 aromatic carbocycles. The molecule has 0 radical (unpaired) electrons. The van der Waals surface area contributed by atoms with Crippen molar-refractivity contribution in [1.29, 1.82) is 0 Å². The average Bonchev–Trinajstić information content (AvgIpc) is 2.85. The van der Waals surface area contributed by atoms with Crippen molar-refractivity contribution in [3.63, 3.8) is 0 Å². The van der Waals surface area contributed by atoms with Crippen LogP contribution in [0.5, 0.6) is 0 Å². The summed E-state index contributed by atoms with van der Waals surface area (Å²) in [5.74, 6) is 1.06. The molecule has 0 saturated heterocycles. The maximum absolute atomic E-state index is 12.0. The third-order valence-electron chi connectivity index (χ3n) is 2.52. The number of nitrogens with one attached hydrogen (secondary N) is 1. The molecule has 0 aromatic heterocycles. The lowest BCUT2D eigenvalue weighted by Crippen LogP contribution is -2.23. The van der Waals surface area contributed by atoms with E-state index in [1.807, 2.05) is 38.1 Å². The van der Waals surface area contributed by atoms with Crippen LogP contribution in [0.2, 0.25) is 0 Å². The number of carbonyl (C=O) groups is 1. The van der Waals surface area contributed by atoms with E-state index in [0.29, 0.717) is 0 Å². The highest BCUT2D eigenvalue weighted by Crippen LogP contribution is 2.26. The zero-order chi connectivity index (χ0) is 13.0. The van der Waals surface area contributed by atoms with Crippen LogP contribution in [-0.4, -0.2) is 27.8 Å². The van der Waals surface area contributed by atoms with Gasteiger partial charge in [0.25, 0.3) is 0 Å². The van der Waals surface area contributed by atoms with Crippen LogP contribution in [0.15, 0.2) is 29.3 Å². The van der Waals surface area contributed by atoms with Crippen LogP contribution in [0.25, 0.3) is 0 Å². The van der Waals surface area contributed by atoms with E-state index in [0.717, 1.165) is 22.4 Å². The Hall–Kier alpha value is -0.940. The Morgan fingerprint density at radius 3 is 2.78 bits per heavy atom. The van der Waals surface area contributed by atoms with E-state index in [1.54, 1.807) is 11.8 Å². The van der Waals surface area contributed by atoms with E-state index in [1.165, 1.54) is 17.3 Å². The molecule has 0 fully saturated rings. The van der Waals surface area contributed by atoms with E-state index in [9.17, 15) is 4.79 Å². The fourth-order valence-electron chi connectivity index (χ4n) is 1.47. The van der Waals surface area contributed by atoms with Crippen LogP contribution in [0.1, 0.15) is 12.5 Å². The number of carbonyl (C=O) groups excluding carboxylic acids is 1. The summed E-state index contributed by atoms with van der Waals surface area (Å²) in [4.78, 5) is 16.3. The average molecular weight is 280 g/mol. The first-order valence-corrected chi connectivity index (χ1v) is 7.73. The molecule has 1 aliphatic heterocycles. The van der Waals surface area contributed by atoms with Crippen molar-refractivity contribution in [2.24, 2.45) is 4.99 Å². The highest BCUT2D eigenvalue weighted by Gasteiger charge is 2.18. The molecule has 1 N–H and O–H groups in total. The monoisotopic (exact) mass is 280 g/mol. The molecule has 1 aromatic rings. The quantitative estimate of drug-likeness (QED) is 0.924. The maximum Gasteiger partial charge on any atom is 0.237 e. The molecule has 0 aliphatic carbocycles. The maximum atomic E-state index is 12.0. The number of benzene rings is 1. The summed E-state index contributed by atoms with van der Waals surface area (Å²) in [6, 6.07) is 7.83. The molecule has 1 heterocycles. The van der Waals surface area contributed by atoms with Crippen LogP contribution in [-0.2, 0) is 4.79 Å². The second-order valence-corrected chi connectivity index (χ2v) is 6.78. The van der Waals surface area contributed by atoms with Gasteiger partial charge in [-0.1, -0.05) is 41.2 Å². The van der Waals surface area contributed by atoms with Gasteiger partial charge in [-0.3, -0.25) is 9.79 Å². The Bertz CT molecular complexity index is 457. The van der Waals surface area contributed by atoms with Gasteiger partial charge in [0.05, 0.1) is 11.8 Å². The summed E-state index contributed by atoms with van der Waals surface area (Å²) >= 11 is 3.27. The zero-order valence-corrected chi connectivity index (χ0v) is 12.1. The number of rotatable bonds is 3. The summed E-state index contributed by atoms with van der Waals surface area (Å²) in [6.07, 6.45) is 0. The molecule has 1 unspecified atom stereocenters. The number of amides is 1. The molecule has 2 rings (SSSR count). The largest absolute Gasteiger partial charge is 0.325 e. The molecule has 18 heavy (non-hydrogen) atoms. The highest BCUT2D eigenvalue weighted by atomic mass is 32.2. The van der Waals surface area contributed by atoms with Crippen LogP contribution >= 0.6 is 23.5 Å². The second kappa shape index (κ2) is 6.29. The normalized spacial score (nSPS) is 16.2. The van der Waals surface area contributed by atoms with Crippen LogP contribution < -0.4 is 5.32 Å². The van der Waals surface area contributed by atoms with Crippen LogP contribution in [0, 0.1) is 6.92 Å². The highest BCUT2D eigenvalue weighted by molar-refractivity contribution is 8.39. The number of aryl methyl sites for hydroxylation is 1. The van der Waals surface area contributed by atoms with E-state index in [-0.39, 0.29) is 11.2 Å². The lowest BCUT2D eigenvalue weighted by molar-refractivity contribution is -0.115. The Labute approximate surface area is 116 Å². The number of anilines is 1. The third-order valence-corrected chi connectivity index (χ3v) is 4.83. The van der Waals surface area contributed by atoms with Gasteiger partial charge in [0, 0.05) is 11.4 Å². The molecular formula is C13H16N2OS2. The Morgan fingerprint density at radius 2 is 2.17 bits per heavy atom. The van der Waals surface area contributed by atoms with Gasteiger partial charge in [0.2, 0.25) is 5.91 Å². The van der Waals surface area contributed by atoms with E-state index in [4.69, 9.17) is 0 Å². The van der Waals surface area contributed by atoms with Gasteiger partial charge in [-0.25, -0.2) is 0 Å². The molecule has 1 aliphatic rings. The van der Waals surface area contributed by atoms with Crippen molar-refractivity contribution in [2.75, 3.05) is 17.6 Å². The van der Waals surface area contributed by atoms with Crippen molar-refractivity contribution in [3.05, 3.63) is 29.8 Å². The molecule has 1 atom stereocenters. The molecule has 0 saturated carbocycles. The lowest BCUT2D eigenvalue weighted by Gasteiger charge is -2.11. The molecule has 0 spiro atoms. The zero-order valence-electron chi connectivity index (χ0n) is 10.5. The summed E-state index contributed by atoms with van der Waals surface area (Å²) in [6.45, 7) is 4.81. The lowest BCUT2D eigenvalue weighted by atomic mass is 10.2. The van der Waals surface area contributed by atoms with E-state index >= 15 is 0 Å². The van der Waals surface area contributed by atoms with Gasteiger partial charge < -0.3 is 5.32 Å². The summed E-state index contributed by atoms with van der Waals surface area (Å²) in [5.41, 5.74) is 2.03. The first-order chi connectivity index (χ1) is 8.65. The van der Waals surface area contributed by atoms with E-state index < -0.39 is 0 Å². The van der Waals surface area contributed by atoms with Gasteiger partial charge in [-0.05, 0) is 26.0 Å². The summed E-state index contributed by atoms with van der Waals surface area (Å²) in [5, 5.41) is 2.80. The van der Waals surface area contributed by atoms with Crippen molar-refractivity contribution >= 4 is 39.5 Å². The van der Waals surface area contributed by atoms with Crippen molar-refractivity contribution in [3.8, 4) is 0 Å². The van der Waals surface area contributed by atoms with Crippen LogP contribution in [0.4, 0.5) is 5.69 Å². The first-order valence-electron chi connectivity index (χ1n) is 5.86. The molecule has 0 bridgehead atoms. The number of hydrogen-bond donors (Lipinski definition) is 1. The van der Waals surface area contributed by atoms with Crippen molar-refractivity contribution in [1.82, 2.24) is 0 Å². The molecule has 5 heteroatoms.